The molecule has 0 unspecified atom stereocenters. The van der Waals surface area contributed by atoms with E-state index in [1.807, 2.05) is 31.2 Å². The molecule has 0 bridgehead atoms. The highest BCUT2D eigenvalue weighted by Gasteiger charge is 2.43. The Bertz CT molecular complexity index is 1530. The van der Waals surface area contributed by atoms with Crippen LogP contribution < -0.4 is 14.8 Å². The minimum absolute atomic E-state index is 0.138. The summed E-state index contributed by atoms with van der Waals surface area (Å²) < 4.78 is 31.6. The van der Waals surface area contributed by atoms with Crippen LogP contribution in [0.4, 0.5) is 4.39 Å². The largest absolute Gasteiger partial charge is 0.490 e. The second-order valence-corrected chi connectivity index (χ2v) is 10.1. The van der Waals surface area contributed by atoms with Crippen LogP contribution in [0, 0.1) is 9.39 Å². The van der Waals surface area contributed by atoms with E-state index < -0.39 is 11.9 Å². The minimum Gasteiger partial charge on any atom is -0.490 e. The Balaban J connectivity index is 1.62. The number of esters is 1. The molecule has 38 heavy (non-hydrogen) atoms. The topological polar surface area (TPSA) is 73.9 Å². The zero-order valence-corrected chi connectivity index (χ0v) is 23.2. The van der Waals surface area contributed by atoms with Gasteiger partial charge in [-0.05, 0) is 71.8 Å². The maximum Gasteiger partial charge on any atom is 0.336 e. The molecule has 0 spiro atoms. The number of Topliss-reactive ketones (excluding diaryl/α,β-unsaturated/α-hetero) is 1. The summed E-state index contributed by atoms with van der Waals surface area (Å²) in [7, 11) is 1.33. The Hall–Kier alpha value is -3.66. The van der Waals surface area contributed by atoms with Gasteiger partial charge in [-0.1, -0.05) is 36.4 Å². The predicted octanol–water partition coefficient (Wildman–Crippen LogP) is 6.15. The van der Waals surface area contributed by atoms with E-state index in [1.165, 1.54) is 19.2 Å². The first-order valence-electron chi connectivity index (χ1n) is 12.1. The third kappa shape index (κ3) is 4.57. The van der Waals surface area contributed by atoms with Crippen LogP contribution in [-0.4, -0.2) is 25.5 Å². The summed E-state index contributed by atoms with van der Waals surface area (Å²) in [5.41, 5.74) is 4.93. The van der Waals surface area contributed by atoms with Crippen LogP contribution in [0.5, 0.6) is 11.5 Å². The molecule has 1 aliphatic heterocycles. The number of carbonyl (C=O) groups is 2. The number of dihydropyridines is 1. The highest BCUT2D eigenvalue weighted by atomic mass is 127. The summed E-state index contributed by atoms with van der Waals surface area (Å²) in [5, 5.41) is 3.29. The summed E-state index contributed by atoms with van der Waals surface area (Å²) in [4.78, 5) is 26.7. The molecule has 6 nitrogen and oxygen atoms in total. The van der Waals surface area contributed by atoms with Crippen LogP contribution in [0.15, 0.2) is 77.5 Å². The van der Waals surface area contributed by atoms with Crippen molar-refractivity contribution < 1.29 is 28.2 Å². The van der Waals surface area contributed by atoms with E-state index in [1.54, 1.807) is 31.2 Å². The van der Waals surface area contributed by atoms with Gasteiger partial charge in [-0.25, -0.2) is 9.18 Å². The summed E-state index contributed by atoms with van der Waals surface area (Å²) in [6.07, 6.45) is 0. The van der Waals surface area contributed by atoms with Crippen LogP contribution in [0.2, 0.25) is 0 Å². The van der Waals surface area contributed by atoms with Crippen molar-refractivity contribution in [3.05, 3.63) is 109 Å². The third-order valence-corrected chi connectivity index (χ3v) is 7.39. The molecule has 1 N–H and O–H groups in total. The maximum atomic E-state index is 13.7. The van der Waals surface area contributed by atoms with E-state index in [2.05, 4.69) is 27.9 Å². The molecule has 1 aliphatic carbocycles. The maximum absolute atomic E-state index is 13.7. The first-order valence-corrected chi connectivity index (χ1v) is 13.2. The number of allylic oxidation sites excluding steroid dienone is 2. The van der Waals surface area contributed by atoms with Crippen molar-refractivity contribution in [2.24, 2.45) is 0 Å². The Morgan fingerprint density at radius 2 is 1.82 bits per heavy atom. The van der Waals surface area contributed by atoms with Gasteiger partial charge in [0.25, 0.3) is 0 Å². The van der Waals surface area contributed by atoms with Crippen LogP contribution in [0.25, 0.3) is 5.70 Å². The Labute approximate surface area is 233 Å². The molecule has 0 fully saturated rings. The molecule has 3 aromatic rings. The lowest BCUT2D eigenvalue weighted by atomic mass is 9.79. The smallest absolute Gasteiger partial charge is 0.336 e. The lowest BCUT2D eigenvalue weighted by Gasteiger charge is -2.29. The van der Waals surface area contributed by atoms with Gasteiger partial charge in [-0.15, -0.1) is 0 Å². The molecule has 1 heterocycles. The quantitative estimate of drug-likeness (QED) is 0.251. The van der Waals surface area contributed by atoms with E-state index in [0.29, 0.717) is 57.3 Å². The molecule has 0 radical (unpaired) electrons. The van der Waals surface area contributed by atoms with E-state index in [4.69, 9.17) is 14.2 Å². The van der Waals surface area contributed by atoms with Crippen molar-refractivity contribution in [2.75, 3.05) is 13.7 Å². The van der Waals surface area contributed by atoms with Crippen molar-refractivity contribution in [3.63, 3.8) is 0 Å². The fraction of sp³-hybridized carbons (Fsp3) is 0.200. The average molecular weight is 625 g/mol. The van der Waals surface area contributed by atoms with Gasteiger partial charge < -0.3 is 19.5 Å². The van der Waals surface area contributed by atoms with Crippen LogP contribution >= 0.6 is 22.6 Å². The molecule has 194 valence electrons. The van der Waals surface area contributed by atoms with Crippen LogP contribution in [0.3, 0.4) is 0 Å². The Kier molecular flexibility index (Phi) is 7.25. The van der Waals surface area contributed by atoms with E-state index >= 15 is 0 Å². The van der Waals surface area contributed by atoms with Crippen molar-refractivity contribution in [1.82, 2.24) is 5.32 Å². The summed E-state index contributed by atoms with van der Waals surface area (Å²) in [5.74, 6) is -0.697. The zero-order valence-electron chi connectivity index (χ0n) is 21.1. The number of carbonyl (C=O) groups excluding carboxylic acids is 2. The van der Waals surface area contributed by atoms with Gasteiger partial charge in [0.1, 0.15) is 12.4 Å². The number of fused-ring (bicyclic) bond motifs is 2. The summed E-state index contributed by atoms with van der Waals surface area (Å²) in [6, 6.07) is 17.3. The monoisotopic (exact) mass is 625 g/mol. The van der Waals surface area contributed by atoms with Gasteiger partial charge in [-0.2, -0.15) is 0 Å². The summed E-state index contributed by atoms with van der Waals surface area (Å²) in [6.45, 7) is 4.19. The number of rotatable bonds is 7. The number of ether oxygens (including phenoxy) is 3. The van der Waals surface area contributed by atoms with Crippen molar-refractivity contribution >= 4 is 40.0 Å². The number of methoxy groups -OCH3 is 1. The number of hydrogen-bond acceptors (Lipinski definition) is 6. The minimum atomic E-state index is -0.677. The molecule has 0 saturated carbocycles. The molecule has 0 aromatic heterocycles. The molecule has 2 aliphatic rings. The van der Waals surface area contributed by atoms with Gasteiger partial charge in [0.15, 0.2) is 17.3 Å². The second-order valence-electron chi connectivity index (χ2n) is 8.93. The Morgan fingerprint density at radius 1 is 1.05 bits per heavy atom. The van der Waals surface area contributed by atoms with Crippen molar-refractivity contribution in [1.29, 1.82) is 0 Å². The standard InChI is InChI=1S/C30H25FINO5/c1-4-37-23-14-18(13-22(32)29(23)38-15-17-8-7-9-19(31)12-17)25-24(30(35)36-3)16(2)33-27-20-10-5-6-11-21(20)28(34)26(25)27/h5-14,25,33H,4,15H2,1-3H3/t25-/m1/s1. The predicted molar refractivity (Wildman–Crippen MR) is 149 cm³/mol. The average Bonchev–Trinajstić information content (AvgIpc) is 3.18. The van der Waals surface area contributed by atoms with Gasteiger partial charge in [0.05, 0.1) is 28.6 Å². The third-order valence-electron chi connectivity index (χ3n) is 6.59. The van der Waals surface area contributed by atoms with Gasteiger partial charge in [0, 0.05) is 28.3 Å². The van der Waals surface area contributed by atoms with Gasteiger partial charge in [-0.3, -0.25) is 4.79 Å². The number of halogens is 2. The molecule has 0 amide bonds. The molecular weight excluding hydrogens is 600 g/mol. The molecule has 3 aromatic carbocycles. The van der Waals surface area contributed by atoms with Crippen molar-refractivity contribution in [2.45, 2.75) is 26.4 Å². The fourth-order valence-electron chi connectivity index (χ4n) is 4.98. The van der Waals surface area contributed by atoms with Crippen molar-refractivity contribution in [3.8, 4) is 11.5 Å². The Morgan fingerprint density at radius 3 is 2.53 bits per heavy atom. The molecule has 5 rings (SSSR count). The second kappa shape index (κ2) is 10.6. The number of nitrogens with one attached hydrogen (secondary N) is 1. The van der Waals surface area contributed by atoms with Crippen LogP contribution in [-0.2, 0) is 16.1 Å². The number of ketones is 1. The normalized spacial score (nSPS) is 16.1. The van der Waals surface area contributed by atoms with Gasteiger partial charge >= 0.3 is 5.97 Å². The first-order chi connectivity index (χ1) is 18.3. The molecular formula is C30H25FINO5. The molecule has 1 atom stereocenters. The lowest BCUT2D eigenvalue weighted by Crippen LogP contribution is -2.29. The van der Waals surface area contributed by atoms with Gasteiger partial charge in [0.2, 0.25) is 0 Å². The summed E-state index contributed by atoms with van der Waals surface area (Å²) >= 11 is 2.15. The number of benzene rings is 3. The molecule has 0 saturated heterocycles. The number of hydrogen-bond donors (Lipinski definition) is 1. The SMILES string of the molecule is CCOc1cc([C@@H]2C(C(=O)OC)=C(C)NC3=C2C(=O)c2ccccc23)cc(I)c1OCc1cccc(F)c1. The zero-order chi connectivity index (χ0) is 27.0. The van der Waals surface area contributed by atoms with Crippen LogP contribution in [0.1, 0.15) is 46.8 Å². The fourth-order valence-corrected chi connectivity index (χ4v) is 5.76. The lowest BCUT2D eigenvalue weighted by molar-refractivity contribution is -0.136. The molecule has 8 heteroatoms. The highest BCUT2D eigenvalue weighted by molar-refractivity contribution is 14.1. The first kappa shape index (κ1) is 26.0. The van der Waals surface area contributed by atoms with E-state index in [-0.39, 0.29) is 18.2 Å². The van der Waals surface area contributed by atoms with E-state index in [9.17, 15) is 14.0 Å². The van der Waals surface area contributed by atoms with E-state index in [0.717, 1.165) is 9.13 Å². The highest BCUT2D eigenvalue weighted by Crippen LogP contribution is 2.48.